The zero-order valence-corrected chi connectivity index (χ0v) is 11.3. The number of nitro groups is 1. The molecule has 2 rings (SSSR count). The standard InChI is InChI=1S/C12H16N6O2/c1-3-13-11-5-4-10(18(19)20)12(16-11)14-6-9-7-15-17(2)8-9/h4-5,7-8H,3,6H2,1-2H3,(H2,13,14,16). The minimum absolute atomic E-state index is 0.0458. The Hall–Kier alpha value is -2.64. The van der Waals surface area contributed by atoms with Gasteiger partial charge in [-0.1, -0.05) is 0 Å². The zero-order chi connectivity index (χ0) is 14.5. The van der Waals surface area contributed by atoms with E-state index in [1.165, 1.54) is 6.07 Å². The molecule has 0 bridgehead atoms. The molecule has 8 heteroatoms. The smallest absolute Gasteiger partial charge is 0.311 e. The molecule has 0 radical (unpaired) electrons. The van der Waals surface area contributed by atoms with Crippen LogP contribution in [0.4, 0.5) is 17.3 Å². The zero-order valence-electron chi connectivity index (χ0n) is 11.3. The van der Waals surface area contributed by atoms with E-state index in [0.29, 0.717) is 18.9 Å². The van der Waals surface area contributed by atoms with Gasteiger partial charge in [0.15, 0.2) is 0 Å². The summed E-state index contributed by atoms with van der Waals surface area (Å²) in [5.74, 6) is 0.851. The van der Waals surface area contributed by atoms with E-state index in [2.05, 4.69) is 20.7 Å². The summed E-state index contributed by atoms with van der Waals surface area (Å²) >= 11 is 0. The third-order valence-corrected chi connectivity index (χ3v) is 2.65. The lowest BCUT2D eigenvalue weighted by atomic mass is 10.3. The molecule has 0 unspecified atom stereocenters. The molecule has 0 atom stereocenters. The highest BCUT2D eigenvalue weighted by Crippen LogP contribution is 2.24. The second-order valence-corrected chi connectivity index (χ2v) is 4.23. The van der Waals surface area contributed by atoms with Gasteiger partial charge in [-0.05, 0) is 13.0 Å². The van der Waals surface area contributed by atoms with Gasteiger partial charge in [-0.2, -0.15) is 5.10 Å². The summed E-state index contributed by atoms with van der Waals surface area (Å²) < 4.78 is 1.67. The molecule has 0 aromatic carbocycles. The number of pyridine rings is 1. The van der Waals surface area contributed by atoms with Gasteiger partial charge >= 0.3 is 5.69 Å². The van der Waals surface area contributed by atoms with Gasteiger partial charge in [0.1, 0.15) is 5.82 Å². The third-order valence-electron chi connectivity index (χ3n) is 2.65. The second-order valence-electron chi connectivity index (χ2n) is 4.23. The van der Waals surface area contributed by atoms with E-state index in [-0.39, 0.29) is 11.5 Å². The predicted molar refractivity (Wildman–Crippen MR) is 75.6 cm³/mol. The molecule has 106 valence electrons. The van der Waals surface area contributed by atoms with Crippen LogP contribution in [0.1, 0.15) is 12.5 Å². The van der Waals surface area contributed by atoms with Gasteiger partial charge in [0.25, 0.3) is 0 Å². The van der Waals surface area contributed by atoms with E-state index in [9.17, 15) is 10.1 Å². The molecular formula is C12H16N6O2. The number of hydrogen-bond donors (Lipinski definition) is 2. The quantitative estimate of drug-likeness (QED) is 0.616. The number of hydrogen-bond acceptors (Lipinski definition) is 6. The second kappa shape index (κ2) is 6.00. The minimum Gasteiger partial charge on any atom is -0.370 e. The Morgan fingerprint density at radius 1 is 1.40 bits per heavy atom. The topological polar surface area (TPSA) is 97.9 Å². The summed E-state index contributed by atoms with van der Waals surface area (Å²) in [5, 5.41) is 21.0. The first-order valence-electron chi connectivity index (χ1n) is 6.21. The highest BCUT2D eigenvalue weighted by atomic mass is 16.6. The average Bonchev–Trinajstić information content (AvgIpc) is 2.82. The van der Waals surface area contributed by atoms with Crippen molar-refractivity contribution in [2.75, 3.05) is 17.2 Å². The van der Waals surface area contributed by atoms with Gasteiger partial charge in [-0.3, -0.25) is 14.8 Å². The summed E-state index contributed by atoms with van der Waals surface area (Å²) in [4.78, 5) is 14.8. The van der Waals surface area contributed by atoms with Crippen LogP contribution in [0.25, 0.3) is 0 Å². The molecule has 0 fully saturated rings. The van der Waals surface area contributed by atoms with Crippen molar-refractivity contribution in [1.29, 1.82) is 0 Å². The maximum absolute atomic E-state index is 11.0. The number of nitrogens with zero attached hydrogens (tertiary/aromatic N) is 4. The fraction of sp³-hybridized carbons (Fsp3) is 0.333. The maximum atomic E-state index is 11.0. The molecule has 0 saturated carbocycles. The molecular weight excluding hydrogens is 260 g/mol. The summed E-state index contributed by atoms with van der Waals surface area (Å²) in [5.41, 5.74) is 0.882. The average molecular weight is 276 g/mol. The molecule has 2 heterocycles. The highest BCUT2D eigenvalue weighted by molar-refractivity contribution is 5.60. The van der Waals surface area contributed by atoms with Gasteiger partial charge < -0.3 is 10.6 Å². The van der Waals surface area contributed by atoms with Crippen LogP contribution in [0, 0.1) is 10.1 Å². The molecule has 20 heavy (non-hydrogen) atoms. The lowest BCUT2D eigenvalue weighted by Gasteiger charge is -2.08. The van der Waals surface area contributed by atoms with Crippen molar-refractivity contribution in [3.05, 3.63) is 40.2 Å². The molecule has 0 aliphatic heterocycles. The first-order valence-corrected chi connectivity index (χ1v) is 6.21. The fourth-order valence-corrected chi connectivity index (χ4v) is 1.76. The van der Waals surface area contributed by atoms with Crippen molar-refractivity contribution in [2.45, 2.75) is 13.5 Å². The van der Waals surface area contributed by atoms with Crippen LogP contribution < -0.4 is 10.6 Å². The maximum Gasteiger partial charge on any atom is 0.311 e. The van der Waals surface area contributed by atoms with Gasteiger partial charge in [0.05, 0.1) is 11.1 Å². The Bertz CT molecular complexity index is 610. The van der Waals surface area contributed by atoms with Crippen LogP contribution in [0.15, 0.2) is 24.5 Å². The largest absolute Gasteiger partial charge is 0.370 e. The summed E-state index contributed by atoms with van der Waals surface area (Å²) in [6.07, 6.45) is 3.54. The molecule has 8 nitrogen and oxygen atoms in total. The van der Waals surface area contributed by atoms with Gasteiger partial charge in [0, 0.05) is 38.0 Å². The first kappa shape index (κ1) is 13.8. The van der Waals surface area contributed by atoms with Crippen LogP contribution >= 0.6 is 0 Å². The van der Waals surface area contributed by atoms with Crippen molar-refractivity contribution in [3.8, 4) is 0 Å². The molecule has 0 saturated heterocycles. The number of aromatic nitrogens is 3. The number of rotatable bonds is 6. The van der Waals surface area contributed by atoms with E-state index >= 15 is 0 Å². The summed E-state index contributed by atoms with van der Waals surface area (Å²) in [6, 6.07) is 3.04. The van der Waals surface area contributed by atoms with E-state index in [1.54, 1.807) is 16.9 Å². The Balaban J connectivity index is 2.18. The Labute approximate surface area is 116 Å². The van der Waals surface area contributed by atoms with Crippen LogP contribution in [0.5, 0.6) is 0 Å². The van der Waals surface area contributed by atoms with Crippen molar-refractivity contribution in [1.82, 2.24) is 14.8 Å². The van der Waals surface area contributed by atoms with Crippen LogP contribution in [0.2, 0.25) is 0 Å². The van der Waals surface area contributed by atoms with Gasteiger partial charge in [-0.25, -0.2) is 4.98 Å². The number of aryl methyl sites for hydroxylation is 1. The number of anilines is 2. The normalized spacial score (nSPS) is 10.3. The van der Waals surface area contributed by atoms with Crippen molar-refractivity contribution >= 4 is 17.3 Å². The molecule has 2 aromatic rings. The van der Waals surface area contributed by atoms with Crippen molar-refractivity contribution in [3.63, 3.8) is 0 Å². The monoisotopic (exact) mass is 276 g/mol. The Kier molecular flexibility index (Phi) is 4.14. The third kappa shape index (κ3) is 3.22. The molecule has 2 aromatic heterocycles. The van der Waals surface area contributed by atoms with E-state index in [0.717, 1.165) is 5.56 Å². The minimum atomic E-state index is -0.450. The van der Waals surface area contributed by atoms with Crippen molar-refractivity contribution < 1.29 is 4.92 Å². The molecule has 2 N–H and O–H groups in total. The molecule has 0 aliphatic rings. The van der Waals surface area contributed by atoms with E-state index < -0.39 is 4.92 Å². The number of nitrogens with one attached hydrogen (secondary N) is 2. The van der Waals surface area contributed by atoms with Crippen molar-refractivity contribution in [2.24, 2.45) is 7.05 Å². The summed E-state index contributed by atoms with van der Waals surface area (Å²) in [6.45, 7) is 3.07. The molecule has 0 aliphatic carbocycles. The van der Waals surface area contributed by atoms with Crippen LogP contribution in [-0.4, -0.2) is 26.2 Å². The Morgan fingerprint density at radius 2 is 2.20 bits per heavy atom. The lowest BCUT2D eigenvalue weighted by Crippen LogP contribution is -2.07. The fourth-order valence-electron chi connectivity index (χ4n) is 1.76. The molecule has 0 amide bonds. The molecule has 0 spiro atoms. The van der Waals surface area contributed by atoms with Gasteiger partial charge in [0.2, 0.25) is 5.82 Å². The SMILES string of the molecule is CCNc1ccc([N+](=O)[O-])c(NCc2cnn(C)c2)n1. The van der Waals surface area contributed by atoms with E-state index in [4.69, 9.17) is 0 Å². The van der Waals surface area contributed by atoms with Crippen LogP contribution in [0.3, 0.4) is 0 Å². The first-order chi connectivity index (χ1) is 9.60. The lowest BCUT2D eigenvalue weighted by molar-refractivity contribution is -0.384. The van der Waals surface area contributed by atoms with E-state index in [1.807, 2.05) is 20.2 Å². The van der Waals surface area contributed by atoms with Gasteiger partial charge in [-0.15, -0.1) is 0 Å². The summed E-state index contributed by atoms with van der Waals surface area (Å²) in [7, 11) is 1.82. The van der Waals surface area contributed by atoms with Crippen LogP contribution in [-0.2, 0) is 13.6 Å². The highest BCUT2D eigenvalue weighted by Gasteiger charge is 2.15. The Morgan fingerprint density at radius 3 is 2.80 bits per heavy atom. The predicted octanol–water partition coefficient (Wildman–Crippen LogP) is 1.77.